The van der Waals surface area contributed by atoms with Gasteiger partial charge < -0.3 is 20.2 Å². The van der Waals surface area contributed by atoms with Crippen molar-refractivity contribution in [1.82, 2.24) is 15.0 Å². The second kappa shape index (κ2) is 7.50. The highest BCUT2D eigenvalue weighted by atomic mass is 16.7. The van der Waals surface area contributed by atoms with Crippen molar-refractivity contribution in [1.29, 1.82) is 0 Å². The number of guanidine groups is 1. The molecule has 7 N–H and O–H groups in total. The van der Waals surface area contributed by atoms with Gasteiger partial charge in [0.25, 0.3) is 0 Å². The van der Waals surface area contributed by atoms with E-state index in [0.29, 0.717) is 0 Å². The van der Waals surface area contributed by atoms with Crippen LogP contribution in [-0.2, 0) is 0 Å². The average molecular weight is 305 g/mol. The number of nitro groups is 3. The van der Waals surface area contributed by atoms with E-state index < -0.39 is 32.7 Å². The van der Waals surface area contributed by atoms with Crippen LogP contribution in [0.25, 0.3) is 5.43 Å². The van der Waals surface area contributed by atoms with E-state index in [1.807, 2.05) is 5.10 Å². The Labute approximate surface area is 113 Å². The monoisotopic (exact) mass is 305 g/mol. The van der Waals surface area contributed by atoms with Crippen LogP contribution in [0.1, 0.15) is 0 Å². The third kappa shape index (κ3) is 6.54. The second-order valence-electron chi connectivity index (χ2n) is 2.69. The number of nitrogens with zero attached hydrogens (tertiary/aromatic N) is 7. The van der Waals surface area contributed by atoms with Gasteiger partial charge >= 0.3 is 23.8 Å². The molecule has 0 saturated heterocycles. The molecule has 0 unspecified atom stereocenters. The number of hydrazone groups is 1. The highest BCUT2D eigenvalue weighted by molar-refractivity contribution is 5.68. The third-order valence-electron chi connectivity index (χ3n) is 1.26. The number of aromatic nitrogens is 3. The lowest BCUT2D eigenvalue weighted by Gasteiger charge is -1.94. The fourth-order valence-corrected chi connectivity index (χ4v) is 0.624. The first-order valence-corrected chi connectivity index (χ1v) is 4.42. The van der Waals surface area contributed by atoms with E-state index >= 15 is 0 Å². The maximum atomic E-state index is 10.2. The molecule has 0 aliphatic rings. The first-order chi connectivity index (χ1) is 9.67. The molecule has 1 rings (SSSR count). The molecular weight excluding hydrogens is 298 g/mol. The molecule has 1 aromatic heterocycles. The minimum Gasteiger partial charge on any atom is -0.390 e. The number of nitrogens with one attached hydrogen (secondary N) is 1. The molecule has 17 nitrogen and oxygen atoms in total. The number of hydrogen-bond acceptors (Lipinski definition) is 10. The van der Waals surface area contributed by atoms with Gasteiger partial charge in [0, 0.05) is 10.4 Å². The van der Waals surface area contributed by atoms with Gasteiger partial charge in [-0.05, 0) is 19.8 Å². The van der Waals surface area contributed by atoms with Crippen molar-refractivity contribution in [2.75, 3.05) is 0 Å². The van der Waals surface area contributed by atoms with Gasteiger partial charge in [-0.2, -0.15) is 5.10 Å². The van der Waals surface area contributed by atoms with Crippen LogP contribution < -0.4 is 22.4 Å². The van der Waals surface area contributed by atoms with Crippen molar-refractivity contribution in [3.8, 4) is 0 Å². The van der Waals surface area contributed by atoms with Crippen LogP contribution in [0, 0.1) is 30.3 Å². The largest absolute Gasteiger partial charge is 0.478 e. The third-order valence-corrected chi connectivity index (χ3v) is 1.26. The second-order valence-corrected chi connectivity index (χ2v) is 2.69. The van der Waals surface area contributed by atoms with E-state index in [1.54, 1.807) is 0 Å². The van der Waals surface area contributed by atoms with E-state index in [0.717, 1.165) is 0 Å². The van der Waals surface area contributed by atoms with Gasteiger partial charge in [0.05, 0.1) is 0 Å². The van der Waals surface area contributed by atoms with Crippen molar-refractivity contribution < 1.29 is 20.0 Å². The highest BCUT2D eigenvalue weighted by Crippen LogP contribution is 2.18. The summed E-state index contributed by atoms with van der Waals surface area (Å²) in [7, 11) is 0. The van der Waals surface area contributed by atoms with E-state index in [9.17, 15) is 30.3 Å². The van der Waals surface area contributed by atoms with Crippen molar-refractivity contribution in [3.63, 3.8) is 0 Å². The number of hydrogen-bond donors (Lipinski definition) is 4. The summed E-state index contributed by atoms with van der Waals surface area (Å²) in [4.78, 5) is 36.8. The van der Waals surface area contributed by atoms with Crippen molar-refractivity contribution in [2.24, 2.45) is 17.3 Å². The molecule has 1 aromatic rings. The molecule has 0 spiro atoms. The minimum atomic E-state index is -1.25. The van der Waals surface area contributed by atoms with Gasteiger partial charge in [-0.25, -0.2) is 10.1 Å². The van der Waals surface area contributed by atoms with Crippen LogP contribution in [0.15, 0.2) is 0 Å². The van der Waals surface area contributed by atoms with Crippen LogP contribution in [-0.4, -0.2) is 35.8 Å². The summed E-state index contributed by atoms with van der Waals surface area (Å²) >= 11 is 0. The smallest absolute Gasteiger partial charge is 0.390 e. The van der Waals surface area contributed by atoms with Gasteiger partial charge in [-0.1, -0.05) is 0 Å². The van der Waals surface area contributed by atoms with Crippen molar-refractivity contribution in [2.45, 2.75) is 0 Å². The molecule has 1 heterocycles. The fourth-order valence-electron chi connectivity index (χ4n) is 0.624. The first kappa shape index (κ1) is 17.1. The number of nitrogens with two attached hydrogens (primary N) is 3. The molecule has 114 valence electrons. The van der Waals surface area contributed by atoms with Crippen LogP contribution in [0.3, 0.4) is 0 Å². The SMILES string of the molecule is N[NH+]=C(N)N.O=[N+]([O-])[N-]c1nc([N+](=O)[O-])nc([N+](=O)[O-])n1. The van der Waals surface area contributed by atoms with Crippen molar-refractivity contribution in [3.05, 3.63) is 35.8 Å². The molecule has 0 bridgehead atoms. The highest BCUT2D eigenvalue weighted by Gasteiger charge is 2.25. The lowest BCUT2D eigenvalue weighted by molar-refractivity contribution is -0.471. The summed E-state index contributed by atoms with van der Waals surface area (Å²) in [6, 6.07) is 0. The van der Waals surface area contributed by atoms with Crippen LogP contribution in [0.2, 0.25) is 0 Å². The number of hydrazine groups is 1. The van der Waals surface area contributed by atoms with E-state index in [1.165, 1.54) is 0 Å². The normalized spacial score (nSPS) is 8.76. The molecule has 0 fully saturated rings. The Kier molecular flexibility index (Phi) is 6.10. The standard InChI is InChI=1S/C3N7O6.CH6N4/c11-8(12)2-4-1(7-10(15)16)5-3(6-2)9(13)14;2-1(3)5-4/h;4H2,(H4,2,3,5)/q-1;/p+1. The summed E-state index contributed by atoms with van der Waals surface area (Å²) in [5.74, 6) is 1.27. The summed E-state index contributed by atoms with van der Waals surface area (Å²) in [5.41, 5.74) is 12.0. The van der Waals surface area contributed by atoms with Gasteiger partial charge in [-0.3, -0.25) is 17.3 Å². The fraction of sp³-hybridized carbons (Fsp3) is 0. The predicted octanol–water partition coefficient (Wildman–Crippen LogP) is -3.90. The molecule has 0 amide bonds. The molecule has 0 aliphatic heterocycles. The predicted molar refractivity (Wildman–Crippen MR) is 61.7 cm³/mol. The topological polar surface area (TPSA) is 274 Å². The quantitative estimate of drug-likeness (QED) is 0.136. The molecule has 21 heavy (non-hydrogen) atoms. The maximum absolute atomic E-state index is 10.2. The molecule has 0 saturated carbocycles. The van der Waals surface area contributed by atoms with E-state index in [-0.39, 0.29) is 5.96 Å². The van der Waals surface area contributed by atoms with Crippen LogP contribution in [0.5, 0.6) is 0 Å². The molecular formula is C4H7N11O6. The Hall–Kier alpha value is -3.92. The van der Waals surface area contributed by atoms with Gasteiger partial charge in [0.15, 0.2) is 0 Å². The molecule has 17 heteroatoms. The molecule has 0 aromatic carbocycles. The van der Waals surface area contributed by atoms with E-state index in [4.69, 9.17) is 11.5 Å². The summed E-state index contributed by atoms with van der Waals surface area (Å²) in [6.45, 7) is 0. The Morgan fingerprint density at radius 2 is 1.38 bits per heavy atom. The Balaban J connectivity index is 0.000000690. The Morgan fingerprint density at radius 1 is 1.00 bits per heavy atom. The zero-order valence-corrected chi connectivity index (χ0v) is 9.81. The average Bonchev–Trinajstić information content (AvgIpc) is 2.38. The molecule has 0 atom stereocenters. The summed E-state index contributed by atoms with van der Waals surface area (Å²) in [5, 5.41) is 31.1. The Bertz CT molecular complexity index is 548. The minimum absolute atomic E-state index is 0.0324. The lowest BCUT2D eigenvalue weighted by Crippen LogP contribution is -2.84. The molecule has 0 radical (unpaired) electrons. The van der Waals surface area contributed by atoms with Crippen LogP contribution in [0.4, 0.5) is 17.8 Å². The van der Waals surface area contributed by atoms with Crippen molar-refractivity contribution >= 4 is 23.8 Å². The van der Waals surface area contributed by atoms with Crippen LogP contribution >= 0.6 is 0 Å². The van der Waals surface area contributed by atoms with Gasteiger partial charge in [0.2, 0.25) is 0 Å². The maximum Gasteiger partial charge on any atom is 0.478 e. The lowest BCUT2D eigenvalue weighted by atomic mass is 10.8. The first-order valence-electron chi connectivity index (χ1n) is 4.42. The zero-order chi connectivity index (χ0) is 16.6. The Morgan fingerprint density at radius 3 is 1.62 bits per heavy atom. The zero-order valence-electron chi connectivity index (χ0n) is 9.81. The summed E-state index contributed by atoms with van der Waals surface area (Å²) < 4.78 is 0. The van der Waals surface area contributed by atoms with Gasteiger partial charge in [0.1, 0.15) is 5.03 Å². The molecule has 0 aliphatic carbocycles. The van der Waals surface area contributed by atoms with Gasteiger partial charge in [-0.15, -0.1) is 0 Å². The number of rotatable bonds is 4. The summed E-state index contributed by atoms with van der Waals surface area (Å²) in [6.07, 6.45) is 0. The van der Waals surface area contributed by atoms with E-state index in [2.05, 4.69) is 26.2 Å².